The molecule has 1 unspecified atom stereocenters. The molecule has 0 rings (SSSR count). The van der Waals surface area contributed by atoms with Crippen molar-refractivity contribution in [1.29, 1.82) is 0 Å². The van der Waals surface area contributed by atoms with E-state index in [0.29, 0.717) is 0 Å². The van der Waals surface area contributed by atoms with Crippen molar-refractivity contribution in [3.63, 3.8) is 0 Å². The summed E-state index contributed by atoms with van der Waals surface area (Å²) < 4.78 is 21.1. The normalized spacial score (nSPS) is 13.6. The lowest BCUT2D eigenvalue weighted by molar-refractivity contribution is -0.142. The first kappa shape index (κ1) is 17.4. The van der Waals surface area contributed by atoms with Crippen molar-refractivity contribution < 1.29 is 27.9 Å². The van der Waals surface area contributed by atoms with E-state index in [2.05, 4.69) is 5.32 Å². The topological polar surface area (TPSA) is 144 Å². The van der Waals surface area contributed by atoms with E-state index in [-0.39, 0.29) is 12.8 Å². The van der Waals surface area contributed by atoms with Gasteiger partial charge in [0.25, 0.3) is 0 Å². The van der Waals surface area contributed by atoms with Crippen LogP contribution in [0.3, 0.4) is 0 Å². The van der Waals surface area contributed by atoms with Crippen molar-refractivity contribution in [3.05, 3.63) is 0 Å². The van der Waals surface area contributed by atoms with Crippen molar-refractivity contribution in [2.24, 2.45) is 5.73 Å². The van der Waals surface area contributed by atoms with Crippen molar-refractivity contribution in [2.75, 3.05) is 6.26 Å². The average Bonchev–Trinajstić information content (AvgIpc) is 2.21. The molecular formula is C10H18N2O6S. The van der Waals surface area contributed by atoms with Crippen LogP contribution in [0.25, 0.3) is 0 Å². The Morgan fingerprint density at radius 2 is 1.79 bits per heavy atom. The lowest BCUT2D eigenvalue weighted by atomic mass is 10.1. The van der Waals surface area contributed by atoms with Crippen molar-refractivity contribution >= 4 is 27.6 Å². The lowest BCUT2D eigenvalue weighted by Gasteiger charge is -2.24. The van der Waals surface area contributed by atoms with E-state index in [1.807, 2.05) is 0 Å². The summed E-state index contributed by atoms with van der Waals surface area (Å²) in [5, 5.41) is 11.0. The summed E-state index contributed by atoms with van der Waals surface area (Å²) in [4.78, 5) is 33.3. The molecule has 19 heavy (non-hydrogen) atoms. The van der Waals surface area contributed by atoms with Gasteiger partial charge in [-0.2, -0.15) is 0 Å². The van der Waals surface area contributed by atoms with Crippen molar-refractivity contribution in [3.8, 4) is 0 Å². The minimum absolute atomic E-state index is 0.198. The van der Waals surface area contributed by atoms with Crippen molar-refractivity contribution in [2.45, 2.75) is 37.5 Å². The molecule has 8 nitrogen and oxygen atoms in total. The molecule has 0 aliphatic heterocycles. The summed E-state index contributed by atoms with van der Waals surface area (Å²) in [5.74, 6) is -3.01. The molecule has 0 fully saturated rings. The summed E-state index contributed by atoms with van der Waals surface area (Å²) in [6.07, 6.45) is 0.457. The number of hydrogen-bond donors (Lipinski definition) is 3. The summed E-state index contributed by atoms with van der Waals surface area (Å²) >= 11 is 0. The van der Waals surface area contributed by atoms with E-state index >= 15 is 0 Å². The first-order chi connectivity index (χ1) is 8.39. The number of carboxylic acids is 1. The van der Waals surface area contributed by atoms with E-state index in [4.69, 9.17) is 10.8 Å². The summed E-state index contributed by atoms with van der Waals surface area (Å²) in [7, 11) is -3.70. The maximum Gasteiger partial charge on any atom is 0.326 e. The molecule has 0 spiro atoms. The summed E-state index contributed by atoms with van der Waals surface area (Å²) in [5.41, 5.74) is 4.89. The van der Waals surface area contributed by atoms with Crippen LogP contribution in [-0.4, -0.2) is 48.4 Å². The quantitative estimate of drug-likeness (QED) is 0.529. The zero-order chi connectivity index (χ0) is 15.4. The Morgan fingerprint density at radius 1 is 1.32 bits per heavy atom. The fourth-order valence-corrected chi connectivity index (χ4v) is 1.44. The highest BCUT2D eigenvalue weighted by Crippen LogP contribution is 2.15. The van der Waals surface area contributed by atoms with E-state index in [1.165, 1.54) is 13.8 Å². The van der Waals surface area contributed by atoms with Gasteiger partial charge in [0.15, 0.2) is 9.84 Å². The van der Waals surface area contributed by atoms with Gasteiger partial charge in [0.05, 0.1) is 0 Å². The first-order valence-corrected chi connectivity index (χ1v) is 7.30. The lowest BCUT2D eigenvalue weighted by Crippen LogP contribution is -2.52. The SMILES string of the molecule is CC(C)(C(=O)NC(CCC(N)=O)C(=O)O)S(C)(=O)=O. The molecule has 1 atom stereocenters. The highest BCUT2D eigenvalue weighted by Gasteiger charge is 2.40. The van der Waals surface area contributed by atoms with Crippen LogP contribution in [0.5, 0.6) is 0 Å². The molecule has 0 saturated carbocycles. The molecule has 0 bridgehead atoms. The first-order valence-electron chi connectivity index (χ1n) is 5.41. The smallest absolute Gasteiger partial charge is 0.326 e. The minimum Gasteiger partial charge on any atom is -0.480 e. The monoisotopic (exact) mass is 294 g/mol. The zero-order valence-electron chi connectivity index (χ0n) is 11.0. The van der Waals surface area contributed by atoms with Gasteiger partial charge in [-0.25, -0.2) is 13.2 Å². The van der Waals surface area contributed by atoms with E-state index in [0.717, 1.165) is 6.26 Å². The van der Waals surface area contributed by atoms with Gasteiger partial charge in [0, 0.05) is 12.7 Å². The van der Waals surface area contributed by atoms with Crippen LogP contribution < -0.4 is 11.1 Å². The number of aliphatic carboxylic acids is 1. The van der Waals surface area contributed by atoms with Gasteiger partial charge in [0.1, 0.15) is 10.8 Å². The Bertz CT molecular complexity index is 482. The van der Waals surface area contributed by atoms with E-state index < -0.39 is 38.4 Å². The van der Waals surface area contributed by atoms with Gasteiger partial charge in [-0.3, -0.25) is 9.59 Å². The molecule has 0 aromatic heterocycles. The fourth-order valence-electron chi connectivity index (χ4n) is 1.04. The van der Waals surface area contributed by atoms with Gasteiger partial charge >= 0.3 is 5.97 Å². The largest absolute Gasteiger partial charge is 0.480 e. The predicted molar refractivity (Wildman–Crippen MR) is 66.9 cm³/mol. The molecular weight excluding hydrogens is 276 g/mol. The highest BCUT2D eigenvalue weighted by atomic mass is 32.2. The zero-order valence-corrected chi connectivity index (χ0v) is 11.8. The number of amides is 2. The van der Waals surface area contributed by atoms with Crippen LogP contribution >= 0.6 is 0 Å². The maximum atomic E-state index is 11.8. The third-order valence-corrected chi connectivity index (χ3v) is 4.80. The Kier molecular flexibility index (Phi) is 5.48. The Balaban J connectivity index is 4.92. The number of nitrogens with two attached hydrogens (primary N) is 1. The highest BCUT2D eigenvalue weighted by molar-refractivity contribution is 7.92. The van der Waals surface area contributed by atoms with Gasteiger partial charge in [-0.15, -0.1) is 0 Å². The van der Waals surface area contributed by atoms with E-state index in [1.54, 1.807) is 0 Å². The maximum absolute atomic E-state index is 11.8. The van der Waals surface area contributed by atoms with Crippen LogP contribution in [0.2, 0.25) is 0 Å². The minimum atomic E-state index is -3.70. The number of rotatable bonds is 7. The second kappa shape index (κ2) is 6.00. The molecule has 0 aliphatic carbocycles. The van der Waals surface area contributed by atoms with Gasteiger partial charge < -0.3 is 16.2 Å². The van der Waals surface area contributed by atoms with Crippen LogP contribution in [0, 0.1) is 0 Å². The molecule has 0 aliphatic rings. The summed E-state index contributed by atoms with van der Waals surface area (Å²) in [6.45, 7) is 2.34. The number of carboxylic acid groups (broad SMARTS) is 1. The van der Waals surface area contributed by atoms with Gasteiger partial charge in [-0.1, -0.05) is 0 Å². The Morgan fingerprint density at radius 3 is 2.11 bits per heavy atom. The second-order valence-electron chi connectivity index (χ2n) is 4.65. The Hall–Kier alpha value is -1.64. The van der Waals surface area contributed by atoms with E-state index in [9.17, 15) is 22.8 Å². The van der Waals surface area contributed by atoms with Gasteiger partial charge in [0.2, 0.25) is 11.8 Å². The number of nitrogens with one attached hydrogen (secondary N) is 1. The molecule has 0 radical (unpaired) electrons. The second-order valence-corrected chi connectivity index (χ2v) is 7.22. The standard InChI is InChI=1S/C10H18N2O6S/c1-10(2,19(3,17)18)9(16)12-6(8(14)15)4-5-7(11)13/h6H,4-5H2,1-3H3,(H2,11,13)(H,12,16)(H,14,15). The third-order valence-electron chi connectivity index (χ3n) is 2.76. The molecule has 0 aromatic carbocycles. The van der Waals surface area contributed by atoms with Crippen LogP contribution in [-0.2, 0) is 24.2 Å². The number of primary amides is 1. The molecule has 0 heterocycles. The number of sulfone groups is 1. The molecule has 0 aromatic rings. The average molecular weight is 294 g/mol. The molecule has 9 heteroatoms. The van der Waals surface area contributed by atoms with Crippen molar-refractivity contribution in [1.82, 2.24) is 5.32 Å². The van der Waals surface area contributed by atoms with Gasteiger partial charge in [-0.05, 0) is 20.3 Å². The fraction of sp³-hybridized carbons (Fsp3) is 0.700. The summed E-state index contributed by atoms with van der Waals surface area (Å²) in [6, 6.07) is -1.36. The Labute approximate surface area is 111 Å². The predicted octanol–water partition coefficient (Wildman–Crippen LogP) is -1.36. The molecule has 0 saturated heterocycles. The van der Waals surface area contributed by atoms with Crippen LogP contribution in [0.4, 0.5) is 0 Å². The third kappa shape index (κ3) is 4.86. The molecule has 4 N–H and O–H groups in total. The number of carbonyl (C=O) groups excluding carboxylic acids is 2. The number of carbonyl (C=O) groups is 3. The molecule has 2 amide bonds. The number of hydrogen-bond acceptors (Lipinski definition) is 5. The molecule has 110 valence electrons. The van der Waals surface area contributed by atoms with Crippen LogP contribution in [0.15, 0.2) is 0 Å². The van der Waals surface area contributed by atoms with Crippen LogP contribution in [0.1, 0.15) is 26.7 Å².